The van der Waals surface area contributed by atoms with Crippen molar-refractivity contribution in [1.29, 1.82) is 0 Å². The fourth-order valence-electron chi connectivity index (χ4n) is 8.05. The van der Waals surface area contributed by atoms with Crippen LogP contribution in [-0.2, 0) is 53.8 Å². The van der Waals surface area contributed by atoms with Crippen LogP contribution in [0.5, 0.6) is 5.75 Å². The molecule has 12 heteroatoms. The molecule has 1 aromatic heterocycles. The second-order valence-corrected chi connectivity index (χ2v) is 15.1. The molecule has 1 aliphatic heterocycles. The van der Waals surface area contributed by atoms with E-state index in [4.69, 9.17) is 43.7 Å². The molecule has 0 spiro atoms. The molecule has 0 radical (unpaired) electrons. The molecule has 1 saturated heterocycles. The number of benzene rings is 5. The van der Waals surface area contributed by atoms with Crippen molar-refractivity contribution in [2.45, 2.75) is 75.3 Å². The van der Waals surface area contributed by atoms with Crippen molar-refractivity contribution < 1.29 is 33.2 Å². The monoisotopic (exact) mass is 837 g/mol. The fraction of sp³-hybridized carbons (Fsp3) is 0.340. The summed E-state index contributed by atoms with van der Waals surface area (Å²) in [5, 5.41) is 3.63. The lowest BCUT2D eigenvalue weighted by molar-refractivity contribution is -0.323. The van der Waals surface area contributed by atoms with E-state index in [1.165, 1.54) is 0 Å². The number of unbranched alkanes of at least 4 members (excludes halogenated alkanes) is 2. The Balaban J connectivity index is 1.19. The predicted octanol–water partition coefficient (Wildman–Crippen LogP) is 9.66. The number of azide groups is 1. The molecule has 0 saturated carbocycles. The van der Waals surface area contributed by atoms with Gasteiger partial charge in [0.2, 0.25) is 0 Å². The van der Waals surface area contributed by atoms with E-state index in [0.29, 0.717) is 32.1 Å². The molecular formula is C50H55N5O7. The third-order valence-electron chi connectivity index (χ3n) is 11.1. The van der Waals surface area contributed by atoms with Gasteiger partial charge in [-0.05, 0) is 58.3 Å². The maximum Gasteiger partial charge on any atom is 0.186 e. The van der Waals surface area contributed by atoms with Crippen molar-refractivity contribution in [2.75, 3.05) is 34.0 Å². The summed E-state index contributed by atoms with van der Waals surface area (Å²) in [6.45, 7) is 2.03. The summed E-state index contributed by atoms with van der Waals surface area (Å²) in [5.74, 6) is 0.772. The second-order valence-electron chi connectivity index (χ2n) is 15.1. The number of methoxy groups -OCH3 is 2. The molecule has 62 heavy (non-hydrogen) atoms. The first-order valence-corrected chi connectivity index (χ1v) is 21.1. The molecule has 7 rings (SSSR count). The molecule has 5 atom stereocenters. The summed E-state index contributed by atoms with van der Waals surface area (Å²) >= 11 is 0. The summed E-state index contributed by atoms with van der Waals surface area (Å²) in [6.07, 6.45) is 3.16. The van der Waals surface area contributed by atoms with E-state index in [-0.39, 0.29) is 13.2 Å². The van der Waals surface area contributed by atoms with Crippen LogP contribution >= 0.6 is 0 Å². The lowest BCUT2D eigenvalue weighted by Crippen LogP contribution is -2.61. The van der Waals surface area contributed by atoms with Gasteiger partial charge in [-0.15, -0.1) is 0 Å². The van der Waals surface area contributed by atoms with Gasteiger partial charge >= 0.3 is 0 Å². The molecule has 2 heterocycles. The highest BCUT2D eigenvalue weighted by molar-refractivity contribution is 5.51. The minimum absolute atomic E-state index is 0.136. The molecule has 6 aromatic rings. The summed E-state index contributed by atoms with van der Waals surface area (Å²) in [4.78, 5) is 7.80. The number of aromatic nitrogens is 2. The molecule has 5 aromatic carbocycles. The first-order valence-electron chi connectivity index (χ1n) is 21.1. The summed E-state index contributed by atoms with van der Waals surface area (Å²) in [7, 11) is 3.28. The molecule has 1 aliphatic rings. The van der Waals surface area contributed by atoms with Crippen LogP contribution in [0, 0.1) is 0 Å². The Morgan fingerprint density at radius 3 is 1.81 bits per heavy atom. The Labute approximate surface area is 363 Å². The Bertz CT molecular complexity index is 2200. The Morgan fingerprint density at radius 2 is 1.23 bits per heavy atom. The van der Waals surface area contributed by atoms with Gasteiger partial charge in [0, 0.05) is 31.4 Å². The number of nitrogens with zero attached hydrogens (tertiary/aromatic N) is 5. The molecule has 12 nitrogen and oxygen atoms in total. The Hall–Kier alpha value is -5.82. The first kappa shape index (κ1) is 44.2. The van der Waals surface area contributed by atoms with Crippen molar-refractivity contribution in [3.8, 4) is 5.75 Å². The van der Waals surface area contributed by atoms with E-state index < -0.39 is 36.2 Å². The van der Waals surface area contributed by atoms with E-state index >= 15 is 0 Å². The molecule has 0 aliphatic carbocycles. The number of hydrogen-bond donors (Lipinski definition) is 0. The van der Waals surface area contributed by atoms with Gasteiger partial charge in [0.15, 0.2) is 6.29 Å². The standard InChI is InChI=1S/C50H55N5O7/c1-56-44-28-26-42(27-29-44)50(40-22-12-5-13-23-40,41-24-14-6-15-25-41)55-32-43(52-37-55)35-61-48-47(60-34-39-20-10-4-11-21-39)46(59-33-38-18-8-3-9-19-38)45(62-49(48)57-2)36-58-31-17-7-16-30-53-54-51/h3-6,8-15,18-29,32,37,45-49H,7,16-17,30-31,33-36H2,1-2H3/t45-,46-,47+,48-,49-/m1/s1. The molecule has 322 valence electrons. The van der Waals surface area contributed by atoms with Crippen LogP contribution in [-0.4, -0.2) is 74.2 Å². The van der Waals surface area contributed by atoms with Crippen molar-refractivity contribution in [2.24, 2.45) is 5.11 Å². The Morgan fingerprint density at radius 1 is 0.661 bits per heavy atom. The maximum atomic E-state index is 8.60. The van der Waals surface area contributed by atoms with Gasteiger partial charge in [0.05, 0.1) is 45.6 Å². The van der Waals surface area contributed by atoms with Crippen LogP contribution in [0.1, 0.15) is 52.8 Å². The Kier molecular flexibility index (Phi) is 16.3. The maximum absolute atomic E-state index is 8.60. The van der Waals surface area contributed by atoms with E-state index in [0.717, 1.165) is 52.8 Å². The highest BCUT2D eigenvalue weighted by atomic mass is 16.7. The van der Waals surface area contributed by atoms with Crippen LogP contribution in [0.4, 0.5) is 0 Å². The average Bonchev–Trinajstić information content (AvgIpc) is 3.81. The van der Waals surface area contributed by atoms with Gasteiger partial charge < -0.3 is 37.7 Å². The third-order valence-corrected chi connectivity index (χ3v) is 11.1. The van der Waals surface area contributed by atoms with Gasteiger partial charge in [0.25, 0.3) is 0 Å². The van der Waals surface area contributed by atoms with E-state index in [9.17, 15) is 0 Å². The summed E-state index contributed by atoms with van der Waals surface area (Å²) in [6, 6.07) is 49.1. The highest BCUT2D eigenvalue weighted by Crippen LogP contribution is 2.41. The predicted molar refractivity (Wildman–Crippen MR) is 236 cm³/mol. The average molecular weight is 838 g/mol. The number of hydrogen-bond acceptors (Lipinski definition) is 9. The molecular weight excluding hydrogens is 783 g/mol. The van der Waals surface area contributed by atoms with Crippen molar-refractivity contribution in [3.63, 3.8) is 0 Å². The molecule has 0 bridgehead atoms. The normalized spacial score (nSPS) is 18.8. The zero-order valence-electron chi connectivity index (χ0n) is 35.4. The smallest absolute Gasteiger partial charge is 0.186 e. The van der Waals surface area contributed by atoms with E-state index in [1.807, 2.05) is 97.5 Å². The SMILES string of the molecule is COc1ccc(C(c2ccccc2)(c2ccccc2)n2cnc(CO[C@H]3[C@H](OC)O[C@H](COCCCCCN=[N+]=[N-])[C@@H](OCc4ccccc4)[C@@H]3OCc3ccccc3)c2)cc1. The number of imidazole rings is 1. The van der Waals surface area contributed by atoms with Crippen LogP contribution in [0.3, 0.4) is 0 Å². The fourth-order valence-corrected chi connectivity index (χ4v) is 8.05. The molecule has 0 N–H and O–H groups in total. The minimum Gasteiger partial charge on any atom is -0.497 e. The molecule has 0 unspecified atom stereocenters. The van der Waals surface area contributed by atoms with Crippen molar-refractivity contribution in [3.05, 3.63) is 202 Å². The van der Waals surface area contributed by atoms with E-state index in [2.05, 4.69) is 75.3 Å². The van der Waals surface area contributed by atoms with Crippen LogP contribution in [0.2, 0.25) is 0 Å². The highest BCUT2D eigenvalue weighted by Gasteiger charge is 2.49. The quantitative estimate of drug-likeness (QED) is 0.0205. The van der Waals surface area contributed by atoms with Gasteiger partial charge in [-0.2, -0.15) is 0 Å². The lowest BCUT2D eigenvalue weighted by atomic mass is 9.76. The van der Waals surface area contributed by atoms with Crippen LogP contribution < -0.4 is 4.74 Å². The summed E-state index contributed by atoms with van der Waals surface area (Å²) in [5.41, 5.74) is 13.7. The van der Waals surface area contributed by atoms with Gasteiger partial charge in [0.1, 0.15) is 35.7 Å². The largest absolute Gasteiger partial charge is 0.497 e. The van der Waals surface area contributed by atoms with Gasteiger partial charge in [-0.25, -0.2) is 4.98 Å². The van der Waals surface area contributed by atoms with Gasteiger partial charge in [-0.3, -0.25) is 0 Å². The lowest BCUT2D eigenvalue weighted by Gasteiger charge is -2.45. The number of ether oxygens (including phenoxy) is 7. The van der Waals surface area contributed by atoms with Gasteiger partial charge in [-0.1, -0.05) is 145 Å². The van der Waals surface area contributed by atoms with Crippen LogP contribution in [0.15, 0.2) is 163 Å². The topological polar surface area (TPSA) is 131 Å². The van der Waals surface area contributed by atoms with Crippen molar-refractivity contribution in [1.82, 2.24) is 9.55 Å². The van der Waals surface area contributed by atoms with Crippen LogP contribution in [0.25, 0.3) is 10.4 Å². The third kappa shape index (κ3) is 11.0. The second kappa shape index (κ2) is 22.9. The molecule has 1 fully saturated rings. The minimum atomic E-state index is -0.807. The number of rotatable bonds is 23. The zero-order valence-corrected chi connectivity index (χ0v) is 35.4. The summed E-state index contributed by atoms with van der Waals surface area (Å²) < 4.78 is 47.0. The first-order chi connectivity index (χ1) is 30.6. The van der Waals surface area contributed by atoms with Crippen molar-refractivity contribution >= 4 is 0 Å². The van der Waals surface area contributed by atoms with E-state index in [1.54, 1.807) is 14.2 Å². The molecule has 0 amide bonds. The zero-order chi connectivity index (χ0) is 42.8.